The van der Waals surface area contributed by atoms with Gasteiger partial charge in [-0.15, -0.1) is 0 Å². The smallest absolute Gasteiger partial charge is 0.269 e. The number of nitrogens with zero attached hydrogens (tertiary/aromatic N) is 1. The molecule has 0 bridgehead atoms. The van der Waals surface area contributed by atoms with Gasteiger partial charge in [0.05, 0.1) is 16.2 Å². The number of amides is 2. The topological polar surface area (TPSA) is 101 Å². The van der Waals surface area contributed by atoms with Gasteiger partial charge < -0.3 is 10.6 Å². The summed E-state index contributed by atoms with van der Waals surface area (Å²) in [6.45, 7) is 0. The van der Waals surface area contributed by atoms with Crippen LogP contribution in [0.15, 0.2) is 48.5 Å². The fourth-order valence-electron chi connectivity index (χ4n) is 2.63. The number of hydrogen-bond donors (Lipinski definition) is 2. The number of para-hydroxylation sites is 1. The van der Waals surface area contributed by atoms with Gasteiger partial charge >= 0.3 is 0 Å². The van der Waals surface area contributed by atoms with E-state index in [9.17, 15) is 19.7 Å². The lowest BCUT2D eigenvalue weighted by atomic mass is 10.1. The van der Waals surface area contributed by atoms with Crippen LogP contribution in [-0.4, -0.2) is 34.3 Å². The summed E-state index contributed by atoms with van der Waals surface area (Å²) in [6.07, 6.45) is 0.938. The predicted molar refractivity (Wildman–Crippen MR) is 101 cm³/mol. The minimum absolute atomic E-state index is 0.0873. The normalized spacial score (nSPS) is 16.1. The number of carbonyl (C=O) groups excluding carboxylic acids is 2. The standard InChI is InChI=1S/C18H17N3O4S/c22-17(12-5-7-14(8-6-12)21(24)25)20-16-4-2-1-3-15(16)18(23)19-13-9-10-26-11-13/h1-8,13H,9-11H2,(H,19,23)(H,20,22)/t13-/m1/s1. The third kappa shape index (κ3) is 4.20. The first-order valence-corrected chi connectivity index (χ1v) is 9.23. The molecule has 2 N–H and O–H groups in total. The van der Waals surface area contributed by atoms with Gasteiger partial charge in [-0.05, 0) is 36.4 Å². The van der Waals surface area contributed by atoms with Crippen LogP contribution in [0.1, 0.15) is 27.1 Å². The van der Waals surface area contributed by atoms with Gasteiger partial charge in [-0.2, -0.15) is 11.8 Å². The van der Waals surface area contributed by atoms with E-state index in [1.807, 2.05) is 0 Å². The predicted octanol–water partition coefficient (Wildman–Crippen LogP) is 3.08. The van der Waals surface area contributed by atoms with Crippen LogP contribution in [0.25, 0.3) is 0 Å². The van der Waals surface area contributed by atoms with Crippen molar-refractivity contribution in [2.45, 2.75) is 12.5 Å². The number of nitro benzene ring substituents is 1. The molecule has 26 heavy (non-hydrogen) atoms. The SMILES string of the molecule is O=C(Nc1ccccc1C(=O)N[C@@H]1CCSC1)c1ccc([N+](=O)[O-])cc1. The Morgan fingerprint density at radius 1 is 1.08 bits per heavy atom. The van der Waals surface area contributed by atoms with Crippen LogP contribution < -0.4 is 10.6 Å². The molecule has 0 saturated carbocycles. The molecule has 7 nitrogen and oxygen atoms in total. The summed E-state index contributed by atoms with van der Waals surface area (Å²) in [5.41, 5.74) is 0.979. The van der Waals surface area contributed by atoms with Gasteiger partial charge in [0.2, 0.25) is 0 Å². The fraction of sp³-hybridized carbons (Fsp3) is 0.222. The molecule has 0 unspecified atom stereocenters. The van der Waals surface area contributed by atoms with Crippen LogP contribution >= 0.6 is 11.8 Å². The maximum atomic E-state index is 12.5. The van der Waals surface area contributed by atoms with E-state index >= 15 is 0 Å². The minimum Gasteiger partial charge on any atom is -0.348 e. The highest BCUT2D eigenvalue weighted by atomic mass is 32.2. The van der Waals surface area contributed by atoms with Gasteiger partial charge in [0.15, 0.2) is 0 Å². The van der Waals surface area contributed by atoms with Crippen molar-refractivity contribution >= 4 is 35.0 Å². The minimum atomic E-state index is -0.525. The molecule has 8 heteroatoms. The highest BCUT2D eigenvalue weighted by Gasteiger charge is 2.20. The van der Waals surface area contributed by atoms with Crippen LogP contribution in [0.4, 0.5) is 11.4 Å². The third-order valence-corrected chi connectivity index (χ3v) is 5.19. The molecular weight excluding hydrogens is 354 g/mol. The first kappa shape index (κ1) is 17.9. The van der Waals surface area contributed by atoms with Crippen molar-refractivity contribution < 1.29 is 14.5 Å². The molecule has 0 spiro atoms. The van der Waals surface area contributed by atoms with Crippen molar-refractivity contribution in [1.82, 2.24) is 5.32 Å². The van der Waals surface area contributed by atoms with Gasteiger partial charge in [0.25, 0.3) is 17.5 Å². The lowest BCUT2D eigenvalue weighted by Crippen LogP contribution is -2.35. The zero-order valence-electron chi connectivity index (χ0n) is 13.8. The first-order valence-electron chi connectivity index (χ1n) is 8.08. The Morgan fingerprint density at radius 3 is 2.46 bits per heavy atom. The number of non-ortho nitro benzene ring substituents is 1. The van der Waals surface area contributed by atoms with E-state index in [2.05, 4.69) is 10.6 Å². The second kappa shape index (κ2) is 8.01. The zero-order valence-corrected chi connectivity index (χ0v) is 14.6. The van der Waals surface area contributed by atoms with E-state index in [-0.39, 0.29) is 23.2 Å². The molecule has 2 aromatic rings. The summed E-state index contributed by atoms with van der Waals surface area (Å²) < 4.78 is 0. The molecule has 2 aromatic carbocycles. The average molecular weight is 371 g/mol. The quantitative estimate of drug-likeness (QED) is 0.621. The van der Waals surface area contributed by atoms with Crippen LogP contribution in [0.3, 0.4) is 0 Å². The number of rotatable bonds is 5. The summed E-state index contributed by atoms with van der Waals surface area (Å²) in [7, 11) is 0. The van der Waals surface area contributed by atoms with Crippen LogP contribution in [0.2, 0.25) is 0 Å². The van der Waals surface area contributed by atoms with Gasteiger partial charge in [-0.1, -0.05) is 12.1 Å². The summed E-state index contributed by atoms with van der Waals surface area (Å²) in [6, 6.07) is 12.2. The number of nitro groups is 1. The van der Waals surface area contributed by atoms with E-state index in [1.165, 1.54) is 24.3 Å². The molecule has 0 aromatic heterocycles. The van der Waals surface area contributed by atoms with E-state index in [4.69, 9.17) is 0 Å². The van der Waals surface area contributed by atoms with Crippen LogP contribution in [0.5, 0.6) is 0 Å². The monoisotopic (exact) mass is 371 g/mol. The van der Waals surface area contributed by atoms with Crippen molar-refractivity contribution in [3.05, 3.63) is 69.8 Å². The molecule has 1 atom stereocenters. The molecule has 1 aliphatic heterocycles. The maximum Gasteiger partial charge on any atom is 0.269 e. The molecule has 3 rings (SSSR count). The maximum absolute atomic E-state index is 12.5. The van der Waals surface area contributed by atoms with Gasteiger partial charge in [0.1, 0.15) is 0 Å². The number of carbonyl (C=O) groups is 2. The second-order valence-corrected chi connectivity index (χ2v) is 6.99. The fourth-order valence-corrected chi connectivity index (χ4v) is 3.78. The molecule has 1 heterocycles. The Hall–Kier alpha value is -2.87. The summed E-state index contributed by atoms with van der Waals surface area (Å²) in [4.78, 5) is 35.1. The highest BCUT2D eigenvalue weighted by molar-refractivity contribution is 7.99. The third-order valence-electron chi connectivity index (χ3n) is 4.03. The summed E-state index contributed by atoms with van der Waals surface area (Å²) in [5.74, 6) is 1.26. The number of benzene rings is 2. The molecule has 134 valence electrons. The molecule has 0 aliphatic carbocycles. The van der Waals surface area contributed by atoms with Crippen LogP contribution in [0, 0.1) is 10.1 Å². The molecule has 1 aliphatic rings. The van der Waals surface area contributed by atoms with E-state index in [0.717, 1.165) is 17.9 Å². The van der Waals surface area contributed by atoms with Gasteiger partial charge in [0, 0.05) is 29.5 Å². The van der Waals surface area contributed by atoms with Crippen molar-refractivity contribution in [2.75, 3.05) is 16.8 Å². The Kier molecular flexibility index (Phi) is 5.52. The molecule has 0 radical (unpaired) electrons. The molecular formula is C18H17N3O4S. The average Bonchev–Trinajstić information content (AvgIpc) is 3.15. The Bertz CT molecular complexity index is 833. The second-order valence-electron chi connectivity index (χ2n) is 5.84. The Labute approximate surface area is 154 Å². The molecule has 1 saturated heterocycles. The number of anilines is 1. The summed E-state index contributed by atoms with van der Waals surface area (Å²) >= 11 is 1.80. The number of nitrogens with one attached hydrogen (secondary N) is 2. The van der Waals surface area contributed by atoms with Crippen LogP contribution in [-0.2, 0) is 0 Å². The van der Waals surface area contributed by atoms with Gasteiger partial charge in [-0.25, -0.2) is 0 Å². The largest absolute Gasteiger partial charge is 0.348 e. The molecule has 1 fully saturated rings. The van der Waals surface area contributed by atoms with Gasteiger partial charge in [-0.3, -0.25) is 19.7 Å². The molecule has 2 amide bonds. The lowest BCUT2D eigenvalue weighted by molar-refractivity contribution is -0.384. The van der Waals surface area contributed by atoms with Crippen molar-refractivity contribution in [3.63, 3.8) is 0 Å². The zero-order chi connectivity index (χ0) is 18.5. The summed E-state index contributed by atoms with van der Waals surface area (Å²) in [5, 5.41) is 16.4. The van der Waals surface area contributed by atoms with E-state index in [1.54, 1.807) is 36.0 Å². The number of thioether (sulfide) groups is 1. The highest BCUT2D eigenvalue weighted by Crippen LogP contribution is 2.20. The van der Waals surface area contributed by atoms with E-state index in [0.29, 0.717) is 11.3 Å². The first-order chi connectivity index (χ1) is 12.5. The Balaban J connectivity index is 1.73. The Morgan fingerprint density at radius 2 is 1.81 bits per heavy atom. The van der Waals surface area contributed by atoms with E-state index < -0.39 is 10.8 Å². The van der Waals surface area contributed by atoms with Crippen molar-refractivity contribution in [2.24, 2.45) is 0 Å². The van der Waals surface area contributed by atoms with Crippen molar-refractivity contribution in [3.8, 4) is 0 Å². The lowest BCUT2D eigenvalue weighted by Gasteiger charge is -2.14. The number of hydrogen-bond acceptors (Lipinski definition) is 5. The van der Waals surface area contributed by atoms with Crippen molar-refractivity contribution in [1.29, 1.82) is 0 Å².